The van der Waals surface area contributed by atoms with Crippen LogP contribution in [0, 0.1) is 17.8 Å². The maximum Gasteiger partial charge on any atom is 0.0373 e. The van der Waals surface area contributed by atoms with Crippen LogP contribution < -0.4 is 11.5 Å². The molecule has 0 heterocycles. The third-order valence-electron chi connectivity index (χ3n) is 5.77. The van der Waals surface area contributed by atoms with Gasteiger partial charge >= 0.3 is 0 Å². The number of aryl methyl sites for hydroxylation is 1. The van der Waals surface area contributed by atoms with Crippen LogP contribution in [0.15, 0.2) is 12.1 Å². The predicted molar refractivity (Wildman–Crippen MR) is 103 cm³/mol. The molecule has 1 aromatic carbocycles. The van der Waals surface area contributed by atoms with Crippen LogP contribution in [0.5, 0.6) is 0 Å². The fourth-order valence-corrected chi connectivity index (χ4v) is 4.45. The van der Waals surface area contributed by atoms with E-state index in [0.717, 1.165) is 23.7 Å². The van der Waals surface area contributed by atoms with Crippen molar-refractivity contribution in [3.8, 4) is 0 Å². The van der Waals surface area contributed by atoms with Crippen molar-refractivity contribution in [3.63, 3.8) is 0 Å². The van der Waals surface area contributed by atoms with E-state index in [9.17, 15) is 0 Å². The van der Waals surface area contributed by atoms with Crippen molar-refractivity contribution in [1.29, 1.82) is 0 Å². The van der Waals surface area contributed by atoms with E-state index in [1.54, 1.807) is 0 Å². The van der Waals surface area contributed by atoms with Gasteiger partial charge in [-0.15, -0.1) is 0 Å². The standard InChI is InChI=1S/C21H36N2/c1-5-6-7-8-16-12-19(22)21(20(23)13-16)18-11-15(4)9-10-17(18)14(2)3/h12-15,17-18H,5-11,22-23H2,1-4H3/t15-,17-,18+/m0/s1. The van der Waals surface area contributed by atoms with Gasteiger partial charge in [0.1, 0.15) is 0 Å². The molecule has 0 unspecified atom stereocenters. The number of anilines is 2. The normalized spacial score (nSPS) is 25.0. The number of rotatable bonds is 6. The van der Waals surface area contributed by atoms with Crippen molar-refractivity contribution in [2.75, 3.05) is 11.5 Å². The van der Waals surface area contributed by atoms with Crippen LogP contribution in [0.25, 0.3) is 0 Å². The quantitative estimate of drug-likeness (QED) is 0.518. The van der Waals surface area contributed by atoms with E-state index in [0.29, 0.717) is 17.8 Å². The Kier molecular flexibility index (Phi) is 6.38. The second-order valence-corrected chi connectivity index (χ2v) is 8.08. The van der Waals surface area contributed by atoms with Crippen LogP contribution in [0.4, 0.5) is 11.4 Å². The molecule has 1 aliphatic carbocycles. The van der Waals surface area contributed by atoms with E-state index in [1.165, 1.54) is 49.7 Å². The molecular weight excluding hydrogens is 280 g/mol. The lowest BCUT2D eigenvalue weighted by molar-refractivity contribution is 0.198. The highest BCUT2D eigenvalue weighted by Gasteiger charge is 2.33. The molecule has 0 bridgehead atoms. The molecule has 0 radical (unpaired) electrons. The number of benzene rings is 1. The average Bonchev–Trinajstić information content (AvgIpc) is 2.46. The van der Waals surface area contributed by atoms with E-state index < -0.39 is 0 Å². The summed E-state index contributed by atoms with van der Waals surface area (Å²) in [5, 5.41) is 0. The number of nitrogen functional groups attached to an aromatic ring is 2. The third-order valence-corrected chi connectivity index (χ3v) is 5.77. The minimum absolute atomic E-state index is 0.531. The summed E-state index contributed by atoms with van der Waals surface area (Å²) < 4.78 is 0. The van der Waals surface area contributed by atoms with Gasteiger partial charge in [-0.2, -0.15) is 0 Å². The molecule has 2 rings (SSSR count). The first-order valence-corrected chi connectivity index (χ1v) is 9.61. The number of unbranched alkanes of at least 4 members (excludes halogenated alkanes) is 2. The molecule has 0 amide bonds. The molecule has 4 N–H and O–H groups in total. The SMILES string of the molecule is CCCCCc1cc(N)c([C@@H]2C[C@@H](C)CC[C@H]2C(C)C)c(N)c1. The Labute approximate surface area is 143 Å². The van der Waals surface area contributed by atoms with Gasteiger partial charge in [0, 0.05) is 16.9 Å². The van der Waals surface area contributed by atoms with E-state index >= 15 is 0 Å². The van der Waals surface area contributed by atoms with Crippen molar-refractivity contribution < 1.29 is 0 Å². The van der Waals surface area contributed by atoms with Gasteiger partial charge in [-0.1, -0.05) is 47.0 Å². The van der Waals surface area contributed by atoms with Gasteiger partial charge < -0.3 is 11.5 Å². The monoisotopic (exact) mass is 316 g/mol. The summed E-state index contributed by atoms with van der Waals surface area (Å²) in [5.41, 5.74) is 17.4. The summed E-state index contributed by atoms with van der Waals surface area (Å²) in [7, 11) is 0. The molecule has 2 heteroatoms. The minimum atomic E-state index is 0.531. The fourth-order valence-electron chi connectivity index (χ4n) is 4.45. The Morgan fingerprint density at radius 1 is 1.09 bits per heavy atom. The number of nitrogens with two attached hydrogens (primary N) is 2. The molecule has 1 aromatic rings. The molecule has 1 saturated carbocycles. The number of hydrogen-bond acceptors (Lipinski definition) is 2. The van der Waals surface area contributed by atoms with Crippen molar-refractivity contribution in [2.45, 2.75) is 78.6 Å². The molecule has 0 aromatic heterocycles. The van der Waals surface area contributed by atoms with Crippen LogP contribution >= 0.6 is 0 Å². The van der Waals surface area contributed by atoms with Crippen molar-refractivity contribution in [2.24, 2.45) is 17.8 Å². The first kappa shape index (κ1) is 18.2. The Balaban J connectivity index is 2.26. The van der Waals surface area contributed by atoms with Gasteiger partial charge in [-0.05, 0) is 67.1 Å². The summed E-state index contributed by atoms with van der Waals surface area (Å²) in [6, 6.07) is 4.38. The zero-order chi connectivity index (χ0) is 17.0. The zero-order valence-corrected chi connectivity index (χ0v) is 15.6. The zero-order valence-electron chi connectivity index (χ0n) is 15.6. The number of hydrogen-bond donors (Lipinski definition) is 2. The van der Waals surface area contributed by atoms with Gasteiger partial charge in [-0.25, -0.2) is 0 Å². The van der Waals surface area contributed by atoms with E-state index in [2.05, 4.69) is 39.8 Å². The van der Waals surface area contributed by atoms with Crippen LogP contribution in [0.3, 0.4) is 0 Å². The lowest BCUT2D eigenvalue weighted by Crippen LogP contribution is -2.27. The second kappa shape index (κ2) is 8.08. The first-order valence-electron chi connectivity index (χ1n) is 9.61. The van der Waals surface area contributed by atoms with E-state index in [-0.39, 0.29) is 0 Å². The third kappa shape index (κ3) is 4.43. The van der Waals surface area contributed by atoms with Crippen molar-refractivity contribution in [3.05, 3.63) is 23.3 Å². The summed E-state index contributed by atoms with van der Waals surface area (Å²) in [6.45, 7) is 9.30. The molecule has 2 nitrogen and oxygen atoms in total. The largest absolute Gasteiger partial charge is 0.398 e. The smallest absolute Gasteiger partial charge is 0.0373 e. The van der Waals surface area contributed by atoms with Gasteiger partial charge in [0.25, 0.3) is 0 Å². The average molecular weight is 317 g/mol. The van der Waals surface area contributed by atoms with Crippen LogP contribution in [-0.4, -0.2) is 0 Å². The summed E-state index contributed by atoms with van der Waals surface area (Å²) in [6.07, 6.45) is 8.72. The summed E-state index contributed by atoms with van der Waals surface area (Å²) in [5.74, 6) is 2.71. The maximum absolute atomic E-state index is 6.49. The van der Waals surface area contributed by atoms with Gasteiger partial charge in [0.15, 0.2) is 0 Å². The Hall–Kier alpha value is -1.18. The summed E-state index contributed by atoms with van der Waals surface area (Å²) >= 11 is 0. The molecule has 23 heavy (non-hydrogen) atoms. The minimum Gasteiger partial charge on any atom is -0.398 e. The first-order chi connectivity index (χ1) is 10.9. The van der Waals surface area contributed by atoms with Crippen LogP contribution in [0.2, 0.25) is 0 Å². The lowest BCUT2D eigenvalue weighted by Gasteiger charge is -2.38. The Morgan fingerprint density at radius 2 is 1.74 bits per heavy atom. The highest BCUT2D eigenvalue weighted by molar-refractivity contribution is 5.65. The highest BCUT2D eigenvalue weighted by Crippen LogP contribution is 2.47. The molecule has 0 saturated heterocycles. The van der Waals surface area contributed by atoms with Crippen LogP contribution in [-0.2, 0) is 6.42 Å². The molecule has 0 spiro atoms. The van der Waals surface area contributed by atoms with Gasteiger partial charge in [-0.3, -0.25) is 0 Å². The molecule has 3 atom stereocenters. The van der Waals surface area contributed by atoms with Crippen molar-refractivity contribution in [1.82, 2.24) is 0 Å². The van der Waals surface area contributed by atoms with Crippen LogP contribution in [0.1, 0.15) is 83.3 Å². The predicted octanol–water partition coefficient (Wildman–Crippen LogP) is 5.76. The Morgan fingerprint density at radius 3 is 2.30 bits per heavy atom. The van der Waals surface area contributed by atoms with Gasteiger partial charge in [0.05, 0.1) is 0 Å². The second-order valence-electron chi connectivity index (χ2n) is 8.08. The van der Waals surface area contributed by atoms with Gasteiger partial charge in [0.2, 0.25) is 0 Å². The molecule has 0 aliphatic heterocycles. The summed E-state index contributed by atoms with van der Waals surface area (Å²) in [4.78, 5) is 0. The molecular formula is C21H36N2. The topological polar surface area (TPSA) is 52.0 Å². The maximum atomic E-state index is 6.49. The highest BCUT2D eigenvalue weighted by atomic mass is 14.6. The lowest BCUT2D eigenvalue weighted by atomic mass is 9.67. The molecule has 1 aliphatic rings. The van der Waals surface area contributed by atoms with Crippen molar-refractivity contribution >= 4 is 11.4 Å². The Bertz CT molecular complexity index is 484. The molecule has 1 fully saturated rings. The van der Waals surface area contributed by atoms with E-state index in [1.807, 2.05) is 0 Å². The fraction of sp³-hybridized carbons (Fsp3) is 0.714. The molecule has 130 valence electrons. The van der Waals surface area contributed by atoms with E-state index in [4.69, 9.17) is 11.5 Å².